The average molecular weight is 567 g/mol. The molecule has 2 aliphatic heterocycles. The number of halogens is 5. The predicted octanol–water partition coefficient (Wildman–Crippen LogP) is 6.32. The van der Waals surface area contributed by atoms with Crippen LogP contribution in [-0.4, -0.2) is 63.5 Å². The summed E-state index contributed by atoms with van der Waals surface area (Å²) >= 11 is 6.57. The lowest BCUT2D eigenvalue weighted by Gasteiger charge is -2.29. The van der Waals surface area contributed by atoms with Crippen molar-refractivity contribution in [3.63, 3.8) is 0 Å². The van der Waals surface area contributed by atoms with Gasteiger partial charge in [-0.3, -0.25) is 24.5 Å². The van der Waals surface area contributed by atoms with Gasteiger partial charge < -0.3 is 0 Å². The zero-order valence-electron chi connectivity index (χ0n) is 20.0. The molecule has 200 valence electrons. The highest BCUT2D eigenvalue weighted by atomic mass is 35.5. The van der Waals surface area contributed by atoms with Gasteiger partial charge >= 0.3 is 6.18 Å². The number of fused-ring (bicyclic) bond motifs is 1. The Morgan fingerprint density at radius 2 is 1.97 bits per heavy atom. The van der Waals surface area contributed by atoms with Gasteiger partial charge in [-0.25, -0.2) is 4.39 Å². The van der Waals surface area contributed by atoms with Crippen LogP contribution in [0.1, 0.15) is 29.5 Å². The Balaban J connectivity index is 1.52. The molecule has 2 amide bonds. The molecule has 0 saturated carbocycles. The van der Waals surface area contributed by atoms with Crippen LogP contribution < -0.4 is 0 Å². The summed E-state index contributed by atoms with van der Waals surface area (Å²) in [6.45, 7) is 1.33. The van der Waals surface area contributed by atoms with Gasteiger partial charge in [0.05, 0.1) is 22.2 Å². The normalized spacial score (nSPS) is 20.6. The van der Waals surface area contributed by atoms with Crippen LogP contribution in [0, 0.1) is 0 Å². The Hall–Kier alpha value is -2.89. The Morgan fingerprint density at radius 3 is 2.74 bits per heavy atom. The van der Waals surface area contributed by atoms with Crippen LogP contribution in [0.5, 0.6) is 0 Å². The standard InChI is InChI=1S/C26H23ClF4N4O2S/c27-18-5-3-16(21(12-18)26(29,30)31)11-20(15-4-6-22-17(10-15)13-32-33-22)23-24(36)35(25(37)38-23)9-8-34-7-1-2-19(28)14-34/h3-6,10,12-13,19H,1-2,7-9,11,14H2,(H,32,33)/b23-20-. The first-order valence-electron chi connectivity index (χ1n) is 12.0. The number of hydrogen-bond donors (Lipinski definition) is 1. The van der Waals surface area contributed by atoms with Crippen molar-refractivity contribution in [3.8, 4) is 0 Å². The molecule has 0 aliphatic carbocycles. The van der Waals surface area contributed by atoms with E-state index in [-0.39, 0.29) is 35.0 Å². The number of aromatic amines is 1. The third-order valence-corrected chi connectivity index (χ3v) is 8.00. The fourth-order valence-corrected chi connectivity index (χ4v) is 5.96. The molecule has 5 rings (SSSR count). The number of carbonyl (C=O) groups excluding carboxylic acids is 2. The van der Waals surface area contributed by atoms with Crippen LogP contribution >= 0.6 is 23.4 Å². The molecule has 2 aliphatic rings. The number of alkyl halides is 4. The quantitative estimate of drug-likeness (QED) is 0.279. The number of amides is 2. The first-order chi connectivity index (χ1) is 18.1. The highest BCUT2D eigenvalue weighted by molar-refractivity contribution is 8.18. The minimum absolute atomic E-state index is 0.0593. The number of hydrogen-bond acceptors (Lipinski definition) is 5. The van der Waals surface area contributed by atoms with Crippen LogP contribution in [0.4, 0.5) is 22.4 Å². The monoisotopic (exact) mass is 566 g/mol. The van der Waals surface area contributed by atoms with Crippen molar-refractivity contribution >= 4 is 51.0 Å². The van der Waals surface area contributed by atoms with E-state index < -0.39 is 29.1 Å². The van der Waals surface area contributed by atoms with E-state index in [1.54, 1.807) is 24.4 Å². The molecule has 2 aromatic carbocycles. The van der Waals surface area contributed by atoms with E-state index >= 15 is 0 Å². The number of thioether (sulfide) groups is 1. The number of H-pyrrole nitrogens is 1. The molecule has 38 heavy (non-hydrogen) atoms. The van der Waals surface area contributed by atoms with E-state index in [0.717, 1.165) is 16.5 Å². The minimum Gasteiger partial charge on any atom is -0.299 e. The van der Waals surface area contributed by atoms with E-state index in [0.29, 0.717) is 54.2 Å². The number of benzene rings is 2. The molecule has 6 nitrogen and oxygen atoms in total. The van der Waals surface area contributed by atoms with Gasteiger partial charge in [0.15, 0.2) is 0 Å². The van der Waals surface area contributed by atoms with Crippen LogP contribution in [0.25, 0.3) is 16.5 Å². The summed E-state index contributed by atoms with van der Waals surface area (Å²) in [4.78, 5) is 29.4. The number of imide groups is 1. The van der Waals surface area contributed by atoms with Crippen molar-refractivity contribution in [2.75, 3.05) is 26.2 Å². The Labute approximate surface area is 225 Å². The number of rotatable bonds is 6. The van der Waals surface area contributed by atoms with Crippen molar-refractivity contribution in [1.29, 1.82) is 0 Å². The van der Waals surface area contributed by atoms with E-state index in [1.807, 2.05) is 4.90 Å². The third-order valence-electron chi connectivity index (χ3n) is 6.74. The average Bonchev–Trinajstić information content (AvgIpc) is 3.44. The minimum atomic E-state index is -4.66. The van der Waals surface area contributed by atoms with E-state index in [2.05, 4.69) is 10.2 Å². The van der Waals surface area contributed by atoms with Crippen LogP contribution in [0.2, 0.25) is 5.02 Å². The molecule has 1 atom stereocenters. The lowest BCUT2D eigenvalue weighted by atomic mass is 9.93. The summed E-state index contributed by atoms with van der Waals surface area (Å²) < 4.78 is 55.4. The maximum absolute atomic E-state index is 13.9. The van der Waals surface area contributed by atoms with Crippen LogP contribution in [-0.2, 0) is 17.4 Å². The third kappa shape index (κ3) is 5.60. The second-order valence-corrected chi connectivity index (χ2v) is 10.7. The van der Waals surface area contributed by atoms with Gasteiger partial charge in [0.2, 0.25) is 0 Å². The number of likely N-dealkylation sites (tertiary alicyclic amines) is 1. The number of allylic oxidation sites excluding steroid dienone is 1. The van der Waals surface area contributed by atoms with E-state index in [9.17, 15) is 27.2 Å². The van der Waals surface area contributed by atoms with Gasteiger partial charge in [0.1, 0.15) is 6.17 Å². The lowest BCUT2D eigenvalue weighted by Crippen LogP contribution is -2.42. The fourth-order valence-electron chi connectivity index (χ4n) is 4.82. The molecular formula is C26H23ClF4N4O2S. The number of aromatic nitrogens is 2. The second-order valence-electron chi connectivity index (χ2n) is 9.32. The molecule has 0 radical (unpaired) electrons. The molecule has 1 N–H and O–H groups in total. The number of carbonyl (C=O) groups is 2. The second kappa shape index (κ2) is 10.7. The molecule has 3 aromatic rings. The Bertz CT molecular complexity index is 1420. The molecule has 1 aromatic heterocycles. The zero-order chi connectivity index (χ0) is 27.0. The Kier molecular flexibility index (Phi) is 7.52. The van der Waals surface area contributed by atoms with Gasteiger partial charge in [-0.15, -0.1) is 0 Å². The summed E-state index contributed by atoms with van der Waals surface area (Å²) in [7, 11) is 0. The predicted molar refractivity (Wildman–Crippen MR) is 138 cm³/mol. The molecule has 0 spiro atoms. The van der Waals surface area contributed by atoms with Gasteiger partial charge in [0.25, 0.3) is 11.1 Å². The highest BCUT2D eigenvalue weighted by Crippen LogP contribution is 2.41. The molecule has 3 heterocycles. The van der Waals surface area contributed by atoms with Crippen molar-refractivity contribution in [2.24, 2.45) is 0 Å². The molecule has 2 fully saturated rings. The lowest BCUT2D eigenvalue weighted by molar-refractivity contribution is -0.138. The number of nitrogens with zero attached hydrogens (tertiary/aromatic N) is 3. The van der Waals surface area contributed by atoms with Gasteiger partial charge in [0, 0.05) is 30.0 Å². The first kappa shape index (κ1) is 26.7. The largest absolute Gasteiger partial charge is 0.416 e. The topological polar surface area (TPSA) is 69.3 Å². The first-order valence-corrected chi connectivity index (χ1v) is 13.2. The van der Waals surface area contributed by atoms with Crippen molar-refractivity contribution < 1.29 is 27.2 Å². The SMILES string of the molecule is O=C1S/C(=C(/Cc2ccc(Cl)cc2C(F)(F)F)c2ccc3[nH]ncc3c2)C(=O)N1CCN1CCCC(F)C1. The summed E-state index contributed by atoms with van der Waals surface area (Å²) in [6.07, 6.45) is -3.09. The molecule has 12 heteroatoms. The van der Waals surface area contributed by atoms with Gasteiger partial charge in [-0.1, -0.05) is 23.7 Å². The Morgan fingerprint density at radius 1 is 1.16 bits per heavy atom. The smallest absolute Gasteiger partial charge is 0.299 e. The highest BCUT2D eigenvalue weighted by Gasteiger charge is 2.39. The van der Waals surface area contributed by atoms with E-state index in [1.165, 1.54) is 12.1 Å². The fraction of sp³-hybridized carbons (Fsp3) is 0.346. The van der Waals surface area contributed by atoms with Crippen molar-refractivity contribution in [1.82, 2.24) is 20.0 Å². The van der Waals surface area contributed by atoms with Crippen LogP contribution in [0.15, 0.2) is 47.5 Å². The van der Waals surface area contributed by atoms with Gasteiger partial charge in [-0.05, 0) is 78.5 Å². The molecular weight excluding hydrogens is 544 g/mol. The zero-order valence-corrected chi connectivity index (χ0v) is 21.6. The maximum atomic E-state index is 13.9. The maximum Gasteiger partial charge on any atom is 0.416 e. The molecule has 1 unspecified atom stereocenters. The summed E-state index contributed by atoms with van der Waals surface area (Å²) in [6, 6.07) is 8.64. The van der Waals surface area contributed by atoms with E-state index in [4.69, 9.17) is 11.6 Å². The summed E-state index contributed by atoms with van der Waals surface area (Å²) in [5, 5.41) is 6.94. The van der Waals surface area contributed by atoms with Crippen molar-refractivity contribution in [2.45, 2.75) is 31.6 Å². The van der Waals surface area contributed by atoms with Crippen molar-refractivity contribution in [3.05, 3.63) is 69.2 Å². The number of piperidine rings is 1. The molecule has 2 saturated heterocycles. The molecule has 0 bridgehead atoms. The van der Waals surface area contributed by atoms with Gasteiger partial charge in [-0.2, -0.15) is 18.3 Å². The summed E-state index contributed by atoms with van der Waals surface area (Å²) in [5.41, 5.74) is 0.545. The number of nitrogens with one attached hydrogen (secondary N) is 1. The van der Waals surface area contributed by atoms with Crippen LogP contribution in [0.3, 0.4) is 0 Å². The summed E-state index contributed by atoms with van der Waals surface area (Å²) in [5.74, 6) is -0.571.